The number of hydrogen-bond donors (Lipinski definition) is 2. The zero-order chi connectivity index (χ0) is 10.7. The Morgan fingerprint density at radius 3 is 2.86 bits per heavy atom. The second-order valence-electron chi connectivity index (χ2n) is 3.31. The van der Waals surface area contributed by atoms with E-state index in [9.17, 15) is 9.59 Å². The maximum atomic E-state index is 11.4. The van der Waals surface area contributed by atoms with E-state index < -0.39 is 6.04 Å². The van der Waals surface area contributed by atoms with Crippen LogP contribution in [-0.4, -0.2) is 41.3 Å². The molecular formula is C8H13N3O2S. The summed E-state index contributed by atoms with van der Waals surface area (Å²) in [5.41, 5.74) is 5.20. The molecule has 0 bridgehead atoms. The molecule has 1 aliphatic rings. The predicted octanol–water partition coefficient (Wildman–Crippen LogP) is -0.990. The Labute approximate surface area is 87.6 Å². The quantitative estimate of drug-likeness (QED) is 0.593. The van der Waals surface area contributed by atoms with Crippen LogP contribution in [-0.2, 0) is 9.59 Å². The van der Waals surface area contributed by atoms with E-state index in [4.69, 9.17) is 5.73 Å². The van der Waals surface area contributed by atoms with Gasteiger partial charge in [-0.15, -0.1) is 0 Å². The molecule has 1 unspecified atom stereocenters. The van der Waals surface area contributed by atoms with Gasteiger partial charge in [0.15, 0.2) is 0 Å². The Kier molecular flexibility index (Phi) is 3.40. The number of rotatable bonds is 3. The van der Waals surface area contributed by atoms with Gasteiger partial charge >= 0.3 is 0 Å². The number of likely N-dealkylation sites (tertiary alicyclic amines) is 1. The molecule has 1 atom stereocenters. The van der Waals surface area contributed by atoms with Gasteiger partial charge in [-0.2, -0.15) is 0 Å². The van der Waals surface area contributed by atoms with Gasteiger partial charge in [0.1, 0.15) is 6.04 Å². The van der Waals surface area contributed by atoms with Gasteiger partial charge < -0.3 is 16.0 Å². The minimum atomic E-state index is -0.401. The van der Waals surface area contributed by atoms with Crippen molar-refractivity contribution in [1.82, 2.24) is 10.2 Å². The molecule has 0 aromatic rings. The van der Waals surface area contributed by atoms with E-state index in [0.29, 0.717) is 13.0 Å². The van der Waals surface area contributed by atoms with Crippen molar-refractivity contribution in [3.63, 3.8) is 0 Å². The van der Waals surface area contributed by atoms with Crippen molar-refractivity contribution in [3.8, 4) is 0 Å². The van der Waals surface area contributed by atoms with Crippen LogP contribution in [0.15, 0.2) is 0 Å². The van der Waals surface area contributed by atoms with Gasteiger partial charge in [0, 0.05) is 13.6 Å². The predicted molar refractivity (Wildman–Crippen MR) is 55.6 cm³/mol. The molecule has 1 saturated heterocycles. The molecule has 1 rings (SSSR count). The largest absolute Gasteiger partial charge is 0.393 e. The molecule has 1 fully saturated rings. The lowest BCUT2D eigenvalue weighted by Crippen LogP contribution is -2.41. The topological polar surface area (TPSA) is 75.4 Å². The maximum Gasteiger partial charge on any atom is 0.244 e. The second-order valence-corrected chi connectivity index (χ2v) is 3.84. The summed E-state index contributed by atoms with van der Waals surface area (Å²) >= 11 is 4.59. The van der Waals surface area contributed by atoms with Crippen molar-refractivity contribution in [2.24, 2.45) is 5.73 Å². The normalized spacial score (nSPS) is 21.1. The van der Waals surface area contributed by atoms with Crippen LogP contribution in [0.4, 0.5) is 0 Å². The smallest absolute Gasteiger partial charge is 0.244 e. The van der Waals surface area contributed by atoms with E-state index in [1.807, 2.05) is 0 Å². The second kappa shape index (κ2) is 4.36. The van der Waals surface area contributed by atoms with Crippen LogP contribution < -0.4 is 11.1 Å². The monoisotopic (exact) mass is 215 g/mol. The van der Waals surface area contributed by atoms with Crippen LogP contribution in [0.3, 0.4) is 0 Å². The molecule has 6 heteroatoms. The lowest BCUT2D eigenvalue weighted by Gasteiger charge is -2.11. The van der Waals surface area contributed by atoms with E-state index >= 15 is 0 Å². The highest BCUT2D eigenvalue weighted by atomic mass is 32.1. The molecule has 5 nitrogen and oxygen atoms in total. The van der Waals surface area contributed by atoms with Gasteiger partial charge in [0.2, 0.25) is 11.8 Å². The van der Waals surface area contributed by atoms with Crippen molar-refractivity contribution >= 4 is 29.0 Å². The Hall–Kier alpha value is -1.17. The molecule has 0 aliphatic carbocycles. The number of carbonyl (C=O) groups is 2. The first-order valence-corrected chi connectivity index (χ1v) is 4.74. The summed E-state index contributed by atoms with van der Waals surface area (Å²) in [5.74, 6) is -0.340. The Bertz CT molecular complexity index is 280. The third kappa shape index (κ3) is 2.66. The van der Waals surface area contributed by atoms with Gasteiger partial charge in [-0.05, 0) is 6.42 Å². The fourth-order valence-electron chi connectivity index (χ4n) is 1.36. The SMILES string of the molecule is CN1CCC(NC(=O)CC(N)=S)C1=O. The molecule has 14 heavy (non-hydrogen) atoms. The number of thiocarbonyl (C=S) groups is 1. The van der Waals surface area contributed by atoms with Crippen molar-refractivity contribution in [2.75, 3.05) is 13.6 Å². The first kappa shape index (κ1) is 10.9. The van der Waals surface area contributed by atoms with Crippen molar-refractivity contribution in [3.05, 3.63) is 0 Å². The maximum absolute atomic E-state index is 11.4. The average Bonchev–Trinajstić information content (AvgIpc) is 2.34. The fraction of sp³-hybridized carbons (Fsp3) is 0.625. The molecule has 0 spiro atoms. The van der Waals surface area contributed by atoms with Gasteiger partial charge in [0.25, 0.3) is 0 Å². The molecule has 78 valence electrons. The van der Waals surface area contributed by atoms with Crippen LogP contribution in [0.2, 0.25) is 0 Å². The third-order valence-corrected chi connectivity index (χ3v) is 2.24. The molecule has 1 heterocycles. The third-order valence-electron chi connectivity index (χ3n) is 2.10. The molecule has 0 aromatic carbocycles. The number of amides is 2. The molecule has 3 N–H and O–H groups in total. The van der Waals surface area contributed by atoms with E-state index in [-0.39, 0.29) is 23.2 Å². The highest BCUT2D eigenvalue weighted by Gasteiger charge is 2.29. The highest BCUT2D eigenvalue weighted by Crippen LogP contribution is 2.08. The minimum Gasteiger partial charge on any atom is -0.393 e. The van der Waals surface area contributed by atoms with E-state index in [1.54, 1.807) is 11.9 Å². The summed E-state index contributed by atoms with van der Waals surface area (Å²) < 4.78 is 0. The van der Waals surface area contributed by atoms with Crippen molar-refractivity contribution < 1.29 is 9.59 Å². The summed E-state index contributed by atoms with van der Waals surface area (Å²) in [4.78, 5) is 24.3. The number of carbonyl (C=O) groups excluding carboxylic acids is 2. The molecule has 0 aromatic heterocycles. The van der Waals surface area contributed by atoms with E-state index in [1.165, 1.54) is 0 Å². The van der Waals surface area contributed by atoms with E-state index in [2.05, 4.69) is 17.5 Å². The summed E-state index contributed by atoms with van der Waals surface area (Å²) in [7, 11) is 1.71. The molecule has 0 radical (unpaired) electrons. The zero-order valence-corrected chi connectivity index (χ0v) is 8.76. The molecule has 1 aliphatic heterocycles. The summed E-state index contributed by atoms with van der Waals surface area (Å²) in [5, 5.41) is 2.59. The lowest BCUT2D eigenvalue weighted by molar-refractivity contribution is -0.131. The van der Waals surface area contributed by atoms with Gasteiger partial charge in [-0.25, -0.2) is 0 Å². The Morgan fingerprint density at radius 2 is 2.43 bits per heavy atom. The number of nitrogens with one attached hydrogen (secondary N) is 1. The minimum absolute atomic E-state index is 0.00281. The zero-order valence-electron chi connectivity index (χ0n) is 7.95. The highest BCUT2D eigenvalue weighted by molar-refractivity contribution is 7.80. The average molecular weight is 215 g/mol. The molecule has 0 saturated carbocycles. The fourth-order valence-corrected chi connectivity index (χ4v) is 1.49. The number of hydrogen-bond acceptors (Lipinski definition) is 3. The van der Waals surface area contributed by atoms with Crippen molar-refractivity contribution in [1.29, 1.82) is 0 Å². The van der Waals surface area contributed by atoms with Crippen LogP contribution in [0.25, 0.3) is 0 Å². The molecular weight excluding hydrogens is 202 g/mol. The summed E-state index contributed by atoms with van der Waals surface area (Å²) in [6.07, 6.45) is 0.654. The van der Waals surface area contributed by atoms with Crippen LogP contribution in [0, 0.1) is 0 Å². The van der Waals surface area contributed by atoms with Crippen LogP contribution >= 0.6 is 12.2 Å². The summed E-state index contributed by atoms with van der Waals surface area (Å²) in [6.45, 7) is 0.677. The number of nitrogens with zero attached hydrogens (tertiary/aromatic N) is 1. The van der Waals surface area contributed by atoms with Crippen LogP contribution in [0.5, 0.6) is 0 Å². The van der Waals surface area contributed by atoms with Gasteiger partial charge in [-0.1, -0.05) is 12.2 Å². The molecule has 2 amide bonds. The Balaban J connectivity index is 2.42. The lowest BCUT2D eigenvalue weighted by atomic mass is 10.2. The summed E-state index contributed by atoms with van der Waals surface area (Å²) in [6, 6.07) is -0.401. The Morgan fingerprint density at radius 1 is 1.79 bits per heavy atom. The number of likely N-dealkylation sites (N-methyl/N-ethyl adjacent to an activating group) is 1. The standard InChI is InChI=1S/C8H13N3O2S/c1-11-3-2-5(8(11)13)10-7(12)4-6(9)14/h5H,2-4H2,1H3,(H2,9,14)(H,10,12). The van der Waals surface area contributed by atoms with Gasteiger partial charge in [-0.3, -0.25) is 9.59 Å². The van der Waals surface area contributed by atoms with Crippen LogP contribution in [0.1, 0.15) is 12.8 Å². The number of nitrogens with two attached hydrogens (primary N) is 1. The van der Waals surface area contributed by atoms with Gasteiger partial charge in [0.05, 0.1) is 11.4 Å². The first-order valence-electron chi connectivity index (χ1n) is 4.33. The van der Waals surface area contributed by atoms with E-state index in [0.717, 1.165) is 0 Å². The van der Waals surface area contributed by atoms with Crippen molar-refractivity contribution in [2.45, 2.75) is 18.9 Å². The first-order chi connectivity index (χ1) is 6.50.